The van der Waals surface area contributed by atoms with Crippen LogP contribution in [0.3, 0.4) is 0 Å². The lowest BCUT2D eigenvalue weighted by molar-refractivity contribution is 0.723. The smallest absolute Gasteiger partial charge is 0.0679 e. The van der Waals surface area contributed by atoms with Gasteiger partial charge in [-0.25, -0.2) is 4.68 Å². The number of aryl methyl sites for hydroxylation is 1. The monoisotopic (exact) mass is 263 g/mol. The number of halogens is 1. The summed E-state index contributed by atoms with van der Waals surface area (Å²) >= 11 is 5.99. The summed E-state index contributed by atoms with van der Waals surface area (Å²) in [6, 6.07) is 5.83. The van der Waals surface area contributed by atoms with Crippen molar-refractivity contribution in [1.82, 2.24) is 9.78 Å². The van der Waals surface area contributed by atoms with Crippen LogP contribution in [0.15, 0.2) is 24.4 Å². The lowest BCUT2D eigenvalue weighted by Crippen LogP contribution is -2.08. The molecule has 3 nitrogen and oxygen atoms in total. The van der Waals surface area contributed by atoms with Crippen molar-refractivity contribution in [2.45, 2.75) is 33.2 Å². The molecule has 18 heavy (non-hydrogen) atoms. The van der Waals surface area contributed by atoms with Gasteiger partial charge in [0.25, 0.3) is 0 Å². The first kappa shape index (κ1) is 13.1. The lowest BCUT2D eigenvalue weighted by Gasteiger charge is -2.14. The Morgan fingerprint density at radius 3 is 2.67 bits per heavy atom. The number of aromatic nitrogens is 2. The van der Waals surface area contributed by atoms with Crippen molar-refractivity contribution in [3.63, 3.8) is 0 Å². The fourth-order valence-electron chi connectivity index (χ4n) is 2.21. The topological polar surface area (TPSA) is 43.8 Å². The molecule has 96 valence electrons. The Labute approximate surface area is 113 Å². The van der Waals surface area contributed by atoms with Crippen LogP contribution in [0, 0.1) is 6.92 Å². The van der Waals surface area contributed by atoms with Crippen LogP contribution in [0.2, 0.25) is 5.02 Å². The summed E-state index contributed by atoms with van der Waals surface area (Å²) in [4.78, 5) is 0. The number of rotatable bonds is 3. The maximum Gasteiger partial charge on any atom is 0.0679 e. The second kappa shape index (κ2) is 5.12. The van der Waals surface area contributed by atoms with Crippen LogP contribution in [-0.4, -0.2) is 9.78 Å². The van der Waals surface area contributed by atoms with Gasteiger partial charge < -0.3 is 5.73 Å². The molecule has 0 aliphatic heterocycles. The summed E-state index contributed by atoms with van der Waals surface area (Å²) in [6.07, 6.45) is 1.85. The first-order chi connectivity index (χ1) is 8.54. The van der Waals surface area contributed by atoms with Crippen LogP contribution in [0.5, 0.6) is 0 Å². The van der Waals surface area contributed by atoms with Gasteiger partial charge in [0.2, 0.25) is 0 Å². The lowest BCUT2D eigenvalue weighted by atomic mass is 10.1. The van der Waals surface area contributed by atoms with Gasteiger partial charge >= 0.3 is 0 Å². The molecule has 2 rings (SSSR count). The maximum absolute atomic E-state index is 5.99. The van der Waals surface area contributed by atoms with E-state index >= 15 is 0 Å². The molecule has 0 radical (unpaired) electrons. The molecule has 4 heteroatoms. The van der Waals surface area contributed by atoms with Gasteiger partial charge in [0.1, 0.15) is 0 Å². The Morgan fingerprint density at radius 2 is 2.11 bits per heavy atom. The van der Waals surface area contributed by atoms with E-state index in [4.69, 9.17) is 17.3 Å². The minimum atomic E-state index is 0.376. The molecular formula is C14H18ClN3. The van der Waals surface area contributed by atoms with Gasteiger partial charge in [0.05, 0.1) is 17.6 Å². The van der Waals surface area contributed by atoms with Crippen molar-refractivity contribution >= 4 is 11.6 Å². The molecule has 2 aromatic rings. The second-order valence-corrected chi connectivity index (χ2v) is 5.19. The molecular weight excluding hydrogens is 246 g/mol. The SMILES string of the molecule is Cc1cc(Cl)ccc1-n1ncc(CN)c1C(C)C. The average Bonchev–Trinajstić information content (AvgIpc) is 2.72. The second-order valence-electron chi connectivity index (χ2n) is 4.76. The minimum Gasteiger partial charge on any atom is -0.326 e. The number of hydrogen-bond acceptors (Lipinski definition) is 2. The summed E-state index contributed by atoms with van der Waals surface area (Å²) in [5, 5.41) is 5.21. The van der Waals surface area contributed by atoms with E-state index in [2.05, 4.69) is 18.9 Å². The summed E-state index contributed by atoms with van der Waals surface area (Å²) in [7, 11) is 0. The fourth-order valence-corrected chi connectivity index (χ4v) is 2.44. The molecule has 0 unspecified atom stereocenters. The highest BCUT2D eigenvalue weighted by atomic mass is 35.5. The Kier molecular flexibility index (Phi) is 3.73. The van der Waals surface area contributed by atoms with E-state index < -0.39 is 0 Å². The molecule has 1 aromatic heterocycles. The van der Waals surface area contributed by atoms with Gasteiger partial charge in [-0.05, 0) is 36.6 Å². The molecule has 1 aromatic carbocycles. The molecule has 0 saturated heterocycles. The highest BCUT2D eigenvalue weighted by molar-refractivity contribution is 6.30. The Balaban J connectivity index is 2.60. The zero-order chi connectivity index (χ0) is 13.3. The molecule has 0 amide bonds. The molecule has 0 saturated carbocycles. The number of nitrogens with zero attached hydrogens (tertiary/aromatic N) is 2. The van der Waals surface area contributed by atoms with Crippen LogP contribution in [0.25, 0.3) is 5.69 Å². The van der Waals surface area contributed by atoms with Crippen LogP contribution in [0.1, 0.15) is 36.6 Å². The van der Waals surface area contributed by atoms with E-state index in [0.29, 0.717) is 12.5 Å². The number of hydrogen-bond donors (Lipinski definition) is 1. The Morgan fingerprint density at radius 1 is 1.39 bits per heavy atom. The highest BCUT2D eigenvalue weighted by Crippen LogP contribution is 2.25. The first-order valence-electron chi connectivity index (χ1n) is 6.08. The fraction of sp³-hybridized carbons (Fsp3) is 0.357. The van der Waals surface area contributed by atoms with Crippen LogP contribution in [-0.2, 0) is 6.54 Å². The third-order valence-corrected chi connectivity index (χ3v) is 3.28. The quantitative estimate of drug-likeness (QED) is 0.922. The molecule has 0 spiro atoms. The van der Waals surface area contributed by atoms with Crippen molar-refractivity contribution < 1.29 is 0 Å². The average molecular weight is 264 g/mol. The minimum absolute atomic E-state index is 0.376. The van der Waals surface area contributed by atoms with Gasteiger partial charge in [0, 0.05) is 17.1 Å². The standard InChI is InChI=1S/C14H18ClN3/c1-9(2)14-11(7-16)8-17-18(14)13-5-4-12(15)6-10(13)3/h4-6,8-9H,7,16H2,1-3H3. The van der Waals surface area contributed by atoms with E-state index in [1.165, 1.54) is 5.69 Å². The highest BCUT2D eigenvalue weighted by Gasteiger charge is 2.15. The van der Waals surface area contributed by atoms with E-state index in [9.17, 15) is 0 Å². The van der Waals surface area contributed by atoms with E-state index in [1.807, 2.05) is 36.0 Å². The Bertz CT molecular complexity index is 558. The molecule has 1 heterocycles. The third-order valence-electron chi connectivity index (χ3n) is 3.04. The van der Waals surface area contributed by atoms with E-state index in [-0.39, 0.29) is 0 Å². The first-order valence-corrected chi connectivity index (χ1v) is 6.45. The predicted octanol–water partition coefficient (Wildman–Crippen LogP) is 3.42. The van der Waals surface area contributed by atoms with E-state index in [1.54, 1.807) is 0 Å². The van der Waals surface area contributed by atoms with Crippen LogP contribution >= 0.6 is 11.6 Å². The maximum atomic E-state index is 5.99. The molecule has 0 bridgehead atoms. The summed E-state index contributed by atoms with van der Waals surface area (Å²) < 4.78 is 1.97. The third kappa shape index (κ3) is 2.28. The van der Waals surface area contributed by atoms with Gasteiger partial charge in [-0.15, -0.1) is 0 Å². The largest absolute Gasteiger partial charge is 0.326 e. The van der Waals surface area contributed by atoms with Crippen molar-refractivity contribution in [3.8, 4) is 5.69 Å². The van der Waals surface area contributed by atoms with Crippen LogP contribution in [0.4, 0.5) is 0 Å². The Hall–Kier alpha value is -1.32. The summed E-state index contributed by atoms with van der Waals surface area (Å²) in [5.41, 5.74) is 10.2. The van der Waals surface area contributed by atoms with Crippen LogP contribution < -0.4 is 5.73 Å². The molecule has 0 atom stereocenters. The normalized spacial score (nSPS) is 11.2. The van der Waals surface area contributed by atoms with Gasteiger partial charge in [0.15, 0.2) is 0 Å². The van der Waals surface area contributed by atoms with Crippen molar-refractivity contribution in [1.29, 1.82) is 0 Å². The van der Waals surface area contributed by atoms with Crippen molar-refractivity contribution in [2.75, 3.05) is 0 Å². The summed E-state index contributed by atoms with van der Waals surface area (Å²) in [5.74, 6) is 0.376. The number of nitrogens with two attached hydrogens (primary N) is 1. The molecule has 0 fully saturated rings. The number of benzene rings is 1. The molecule has 0 aliphatic rings. The van der Waals surface area contributed by atoms with Crippen molar-refractivity contribution in [3.05, 3.63) is 46.2 Å². The van der Waals surface area contributed by atoms with E-state index in [0.717, 1.165) is 21.8 Å². The van der Waals surface area contributed by atoms with Gasteiger partial charge in [-0.3, -0.25) is 0 Å². The zero-order valence-corrected chi connectivity index (χ0v) is 11.7. The van der Waals surface area contributed by atoms with Crippen molar-refractivity contribution in [2.24, 2.45) is 5.73 Å². The molecule has 0 aliphatic carbocycles. The predicted molar refractivity (Wildman–Crippen MR) is 75.3 cm³/mol. The van der Waals surface area contributed by atoms with Gasteiger partial charge in [-0.1, -0.05) is 25.4 Å². The molecule has 2 N–H and O–H groups in total. The zero-order valence-electron chi connectivity index (χ0n) is 10.9. The summed E-state index contributed by atoms with van der Waals surface area (Å²) in [6.45, 7) is 6.85. The van der Waals surface area contributed by atoms with Gasteiger partial charge in [-0.2, -0.15) is 5.10 Å².